The standard InChI is InChI=1S/C17H30N4O2S/c1-4-6-8-10-12-20(13-11-9-7-5-2)16-15(21(22)23)17(24)19-14(3)18-16/h4-13H2,1-3H3,(H,18,19,24). The van der Waals surface area contributed by atoms with E-state index in [4.69, 9.17) is 12.2 Å². The molecule has 0 spiro atoms. The van der Waals surface area contributed by atoms with Crippen LogP contribution in [0.2, 0.25) is 0 Å². The SMILES string of the molecule is CCCCCCN(CCCCCC)c1[nH]c(C)nc(=S)c1[N+](=O)[O-]. The zero-order valence-electron chi connectivity index (χ0n) is 15.1. The van der Waals surface area contributed by atoms with Crippen LogP contribution in [0, 0.1) is 21.7 Å². The van der Waals surface area contributed by atoms with Crippen molar-refractivity contribution >= 4 is 23.7 Å². The summed E-state index contributed by atoms with van der Waals surface area (Å²) in [6.45, 7) is 7.76. The Hall–Kier alpha value is -1.50. The van der Waals surface area contributed by atoms with Crippen LogP contribution in [-0.4, -0.2) is 28.0 Å². The van der Waals surface area contributed by atoms with E-state index in [1.165, 1.54) is 25.7 Å². The highest BCUT2D eigenvalue weighted by Crippen LogP contribution is 2.27. The first-order valence-corrected chi connectivity index (χ1v) is 9.42. The molecule has 0 atom stereocenters. The van der Waals surface area contributed by atoms with Crippen molar-refractivity contribution in [3.05, 3.63) is 20.6 Å². The van der Waals surface area contributed by atoms with Gasteiger partial charge in [0.2, 0.25) is 4.64 Å². The molecule has 24 heavy (non-hydrogen) atoms. The van der Waals surface area contributed by atoms with Crippen molar-refractivity contribution in [1.82, 2.24) is 9.97 Å². The van der Waals surface area contributed by atoms with Gasteiger partial charge < -0.3 is 9.88 Å². The monoisotopic (exact) mass is 354 g/mol. The Labute approximate surface area is 149 Å². The van der Waals surface area contributed by atoms with E-state index < -0.39 is 4.92 Å². The number of nitro groups is 1. The van der Waals surface area contributed by atoms with Gasteiger partial charge in [0.15, 0.2) is 5.82 Å². The van der Waals surface area contributed by atoms with Crippen LogP contribution < -0.4 is 4.90 Å². The van der Waals surface area contributed by atoms with Gasteiger partial charge in [0, 0.05) is 13.1 Å². The van der Waals surface area contributed by atoms with Gasteiger partial charge in [0.1, 0.15) is 5.82 Å². The number of aromatic amines is 1. The molecule has 0 aliphatic carbocycles. The predicted octanol–water partition coefficient (Wildman–Crippen LogP) is 5.32. The van der Waals surface area contributed by atoms with Crippen molar-refractivity contribution in [3.63, 3.8) is 0 Å². The lowest BCUT2D eigenvalue weighted by atomic mass is 10.1. The Kier molecular flexibility index (Phi) is 9.52. The summed E-state index contributed by atoms with van der Waals surface area (Å²) < 4.78 is 0.0679. The van der Waals surface area contributed by atoms with E-state index in [0.29, 0.717) is 11.6 Å². The molecule has 1 aromatic rings. The summed E-state index contributed by atoms with van der Waals surface area (Å²) in [6, 6.07) is 0. The molecule has 0 saturated carbocycles. The molecule has 0 aliphatic heterocycles. The Balaban J connectivity index is 2.98. The van der Waals surface area contributed by atoms with Crippen LogP contribution in [0.15, 0.2) is 0 Å². The highest BCUT2D eigenvalue weighted by Gasteiger charge is 2.23. The minimum atomic E-state index is -0.411. The first-order chi connectivity index (χ1) is 11.5. The van der Waals surface area contributed by atoms with Gasteiger partial charge in [-0.3, -0.25) is 10.1 Å². The van der Waals surface area contributed by atoms with E-state index in [2.05, 4.69) is 28.7 Å². The quantitative estimate of drug-likeness (QED) is 0.238. The average Bonchev–Trinajstić information content (AvgIpc) is 2.52. The Bertz CT molecular complexity index is 562. The highest BCUT2D eigenvalue weighted by atomic mass is 32.1. The maximum absolute atomic E-state index is 11.5. The number of H-pyrrole nitrogens is 1. The zero-order chi connectivity index (χ0) is 17.9. The molecule has 0 bridgehead atoms. The third kappa shape index (κ3) is 6.55. The third-order valence-electron chi connectivity index (χ3n) is 4.06. The smallest absolute Gasteiger partial charge is 0.345 e. The number of hydrogen-bond acceptors (Lipinski definition) is 5. The molecule has 0 saturated heterocycles. The lowest BCUT2D eigenvalue weighted by Gasteiger charge is -2.24. The summed E-state index contributed by atoms with van der Waals surface area (Å²) in [4.78, 5) is 20.3. The Morgan fingerprint density at radius 3 is 2.08 bits per heavy atom. The number of aryl methyl sites for hydroxylation is 1. The number of aromatic nitrogens is 2. The van der Waals surface area contributed by atoms with E-state index in [1.54, 1.807) is 6.92 Å². The molecule has 136 valence electrons. The summed E-state index contributed by atoms with van der Waals surface area (Å²) >= 11 is 5.13. The number of nitrogens with zero attached hydrogens (tertiary/aromatic N) is 3. The van der Waals surface area contributed by atoms with E-state index in [-0.39, 0.29) is 10.3 Å². The van der Waals surface area contributed by atoms with Crippen molar-refractivity contribution in [2.24, 2.45) is 0 Å². The molecule has 0 radical (unpaired) electrons. The number of anilines is 1. The topological polar surface area (TPSA) is 75.1 Å². The van der Waals surface area contributed by atoms with Gasteiger partial charge in [-0.15, -0.1) is 0 Å². The largest absolute Gasteiger partial charge is 0.352 e. The molecular weight excluding hydrogens is 324 g/mol. The molecule has 1 aromatic heterocycles. The van der Waals surface area contributed by atoms with Crippen molar-refractivity contribution in [3.8, 4) is 0 Å². The molecule has 0 amide bonds. The second-order valence-electron chi connectivity index (χ2n) is 6.19. The third-order valence-corrected chi connectivity index (χ3v) is 4.34. The second kappa shape index (κ2) is 11.1. The highest BCUT2D eigenvalue weighted by molar-refractivity contribution is 7.71. The van der Waals surface area contributed by atoms with Crippen LogP contribution in [0.3, 0.4) is 0 Å². The van der Waals surface area contributed by atoms with Crippen molar-refractivity contribution < 1.29 is 4.92 Å². The summed E-state index contributed by atoms with van der Waals surface area (Å²) in [6.07, 6.45) is 9.07. The number of rotatable bonds is 12. The summed E-state index contributed by atoms with van der Waals surface area (Å²) in [7, 11) is 0. The van der Waals surface area contributed by atoms with Crippen molar-refractivity contribution in [2.75, 3.05) is 18.0 Å². The van der Waals surface area contributed by atoms with Gasteiger partial charge in [-0.2, -0.15) is 0 Å². The molecule has 1 N–H and O–H groups in total. The lowest BCUT2D eigenvalue weighted by molar-refractivity contribution is -0.385. The molecule has 0 aromatic carbocycles. The van der Waals surface area contributed by atoms with E-state index >= 15 is 0 Å². The summed E-state index contributed by atoms with van der Waals surface area (Å²) in [5.74, 6) is 1.14. The van der Waals surface area contributed by atoms with E-state index in [0.717, 1.165) is 38.8 Å². The van der Waals surface area contributed by atoms with Crippen LogP contribution >= 0.6 is 12.2 Å². The van der Waals surface area contributed by atoms with Crippen molar-refractivity contribution in [1.29, 1.82) is 0 Å². The molecule has 7 heteroatoms. The first kappa shape index (κ1) is 20.5. The fourth-order valence-corrected chi connectivity index (χ4v) is 3.06. The van der Waals surface area contributed by atoms with Crippen LogP contribution in [0.1, 0.15) is 71.0 Å². The Morgan fingerprint density at radius 2 is 1.62 bits per heavy atom. The molecule has 1 rings (SSSR count). The molecule has 1 heterocycles. The van der Waals surface area contributed by atoms with Crippen LogP contribution in [0.5, 0.6) is 0 Å². The van der Waals surface area contributed by atoms with Crippen LogP contribution in [0.4, 0.5) is 11.5 Å². The Morgan fingerprint density at radius 1 is 1.08 bits per heavy atom. The van der Waals surface area contributed by atoms with E-state index in [1.807, 2.05) is 0 Å². The maximum Gasteiger partial charge on any atom is 0.345 e. The molecule has 0 unspecified atom stereocenters. The molecule has 6 nitrogen and oxygen atoms in total. The molecule has 0 aliphatic rings. The van der Waals surface area contributed by atoms with Gasteiger partial charge in [-0.05, 0) is 19.8 Å². The minimum Gasteiger partial charge on any atom is -0.352 e. The van der Waals surface area contributed by atoms with Crippen LogP contribution in [0.25, 0.3) is 0 Å². The first-order valence-electron chi connectivity index (χ1n) is 9.01. The van der Waals surface area contributed by atoms with Gasteiger partial charge in [-0.1, -0.05) is 64.6 Å². The zero-order valence-corrected chi connectivity index (χ0v) is 16.0. The number of unbranched alkanes of at least 4 members (excludes halogenated alkanes) is 6. The van der Waals surface area contributed by atoms with Crippen LogP contribution in [-0.2, 0) is 0 Å². The van der Waals surface area contributed by atoms with Gasteiger partial charge in [-0.25, -0.2) is 4.98 Å². The normalized spacial score (nSPS) is 10.8. The van der Waals surface area contributed by atoms with E-state index in [9.17, 15) is 10.1 Å². The van der Waals surface area contributed by atoms with Crippen molar-refractivity contribution in [2.45, 2.75) is 72.1 Å². The van der Waals surface area contributed by atoms with Gasteiger partial charge >= 0.3 is 5.69 Å². The minimum absolute atomic E-state index is 0.0679. The van der Waals surface area contributed by atoms with Gasteiger partial charge in [0.25, 0.3) is 0 Å². The molecule has 0 fully saturated rings. The number of hydrogen-bond donors (Lipinski definition) is 1. The predicted molar refractivity (Wildman–Crippen MR) is 101 cm³/mol. The fraction of sp³-hybridized carbons (Fsp3) is 0.765. The molecular formula is C17H30N4O2S. The van der Waals surface area contributed by atoms with Gasteiger partial charge in [0.05, 0.1) is 4.92 Å². The summed E-state index contributed by atoms with van der Waals surface area (Å²) in [5, 5.41) is 11.5. The maximum atomic E-state index is 11.5. The number of nitrogens with one attached hydrogen (secondary N) is 1. The average molecular weight is 355 g/mol. The fourth-order valence-electron chi connectivity index (χ4n) is 2.75. The second-order valence-corrected chi connectivity index (χ2v) is 6.58. The summed E-state index contributed by atoms with van der Waals surface area (Å²) in [5.41, 5.74) is -0.0680. The lowest BCUT2D eigenvalue weighted by Crippen LogP contribution is -2.28.